The van der Waals surface area contributed by atoms with Crippen LogP contribution < -0.4 is 15.4 Å². The van der Waals surface area contributed by atoms with Crippen LogP contribution >= 0.6 is 0 Å². The van der Waals surface area contributed by atoms with E-state index in [1.165, 1.54) is 6.33 Å². The standard InChI is InChI=1S/C14H16N6O/c1-19(2)9-6-4-5-7-10(9)20-12-11(18-14(20)15)13(21-3)17-8-16-12/h4-8H,1-3H3,(H2,15,18). The lowest BCUT2D eigenvalue weighted by Crippen LogP contribution is -2.13. The van der Waals surface area contributed by atoms with Gasteiger partial charge in [0.1, 0.15) is 6.33 Å². The SMILES string of the molecule is COc1ncnc2c1nc(N)n2-c1ccccc1N(C)C. The summed E-state index contributed by atoms with van der Waals surface area (Å²) in [6, 6.07) is 7.91. The predicted octanol–water partition coefficient (Wildman–Crippen LogP) is 1.47. The molecule has 7 nitrogen and oxygen atoms in total. The monoisotopic (exact) mass is 284 g/mol. The molecule has 2 N–H and O–H groups in total. The molecule has 1 aromatic carbocycles. The highest BCUT2D eigenvalue weighted by Crippen LogP contribution is 2.30. The van der Waals surface area contributed by atoms with E-state index in [0.717, 1.165) is 11.4 Å². The lowest BCUT2D eigenvalue weighted by molar-refractivity contribution is 0.401. The van der Waals surface area contributed by atoms with E-state index < -0.39 is 0 Å². The first kappa shape index (κ1) is 13.2. The molecule has 0 aliphatic rings. The van der Waals surface area contributed by atoms with E-state index in [4.69, 9.17) is 10.5 Å². The van der Waals surface area contributed by atoms with Gasteiger partial charge in [0, 0.05) is 14.1 Å². The summed E-state index contributed by atoms with van der Waals surface area (Å²) in [4.78, 5) is 14.7. The maximum absolute atomic E-state index is 6.09. The molecule has 0 saturated heterocycles. The van der Waals surface area contributed by atoms with Crippen LogP contribution in [0.4, 0.5) is 11.6 Å². The number of anilines is 2. The number of hydrogen-bond donors (Lipinski definition) is 1. The van der Waals surface area contributed by atoms with Gasteiger partial charge in [-0.15, -0.1) is 0 Å². The minimum atomic E-state index is 0.345. The number of imidazole rings is 1. The molecule has 0 fully saturated rings. The lowest BCUT2D eigenvalue weighted by atomic mass is 10.2. The molecule has 0 saturated carbocycles. The molecule has 108 valence electrons. The van der Waals surface area contributed by atoms with Crippen molar-refractivity contribution in [3.8, 4) is 11.6 Å². The third kappa shape index (κ3) is 2.03. The van der Waals surface area contributed by atoms with Crippen molar-refractivity contribution in [2.24, 2.45) is 0 Å². The van der Waals surface area contributed by atoms with E-state index in [0.29, 0.717) is 23.0 Å². The number of hydrogen-bond acceptors (Lipinski definition) is 6. The summed E-state index contributed by atoms with van der Waals surface area (Å²) >= 11 is 0. The van der Waals surface area contributed by atoms with Crippen molar-refractivity contribution in [2.45, 2.75) is 0 Å². The average Bonchev–Trinajstić information content (AvgIpc) is 2.82. The zero-order valence-electron chi connectivity index (χ0n) is 12.1. The second-order valence-electron chi connectivity index (χ2n) is 4.74. The van der Waals surface area contributed by atoms with E-state index in [2.05, 4.69) is 15.0 Å². The van der Waals surface area contributed by atoms with Gasteiger partial charge in [0.05, 0.1) is 18.5 Å². The van der Waals surface area contributed by atoms with Gasteiger partial charge in [-0.3, -0.25) is 4.57 Å². The molecular formula is C14H16N6O. The highest BCUT2D eigenvalue weighted by Gasteiger charge is 2.18. The van der Waals surface area contributed by atoms with Crippen LogP contribution in [0.25, 0.3) is 16.9 Å². The fraction of sp³-hybridized carbons (Fsp3) is 0.214. The smallest absolute Gasteiger partial charge is 0.245 e. The molecule has 0 spiro atoms. The first-order valence-electron chi connectivity index (χ1n) is 6.43. The van der Waals surface area contributed by atoms with Crippen molar-refractivity contribution in [1.29, 1.82) is 0 Å². The maximum Gasteiger partial charge on any atom is 0.245 e. The van der Waals surface area contributed by atoms with E-state index in [-0.39, 0.29) is 0 Å². The summed E-state index contributed by atoms with van der Waals surface area (Å²) in [5.74, 6) is 0.755. The van der Waals surface area contributed by atoms with Crippen LogP contribution in [0, 0.1) is 0 Å². The number of methoxy groups -OCH3 is 1. The van der Waals surface area contributed by atoms with E-state index in [9.17, 15) is 0 Å². The summed E-state index contributed by atoms with van der Waals surface area (Å²) < 4.78 is 7.02. The predicted molar refractivity (Wildman–Crippen MR) is 82.0 cm³/mol. The van der Waals surface area contributed by atoms with Gasteiger partial charge in [-0.05, 0) is 12.1 Å². The number of aromatic nitrogens is 4. The zero-order valence-corrected chi connectivity index (χ0v) is 12.1. The molecule has 0 aliphatic carbocycles. The Labute approximate surface area is 122 Å². The number of benzene rings is 1. The third-order valence-electron chi connectivity index (χ3n) is 3.23. The topological polar surface area (TPSA) is 82.1 Å². The molecule has 0 atom stereocenters. The largest absolute Gasteiger partial charge is 0.479 e. The maximum atomic E-state index is 6.09. The van der Waals surface area contributed by atoms with Crippen molar-refractivity contribution in [3.05, 3.63) is 30.6 Å². The van der Waals surface area contributed by atoms with Crippen molar-refractivity contribution >= 4 is 22.8 Å². The fourth-order valence-electron chi connectivity index (χ4n) is 2.31. The van der Waals surface area contributed by atoms with E-state index >= 15 is 0 Å². The molecule has 21 heavy (non-hydrogen) atoms. The Morgan fingerprint density at radius 3 is 2.67 bits per heavy atom. The number of nitrogens with zero attached hydrogens (tertiary/aromatic N) is 5. The minimum absolute atomic E-state index is 0.345. The summed E-state index contributed by atoms with van der Waals surface area (Å²) in [5.41, 5.74) is 9.18. The Hall–Kier alpha value is -2.83. The number of ether oxygens (including phenoxy) is 1. The van der Waals surface area contributed by atoms with Crippen LogP contribution in [0.1, 0.15) is 0 Å². The van der Waals surface area contributed by atoms with E-state index in [1.807, 2.05) is 43.3 Å². The van der Waals surface area contributed by atoms with Crippen molar-refractivity contribution < 1.29 is 4.74 Å². The Morgan fingerprint density at radius 2 is 1.95 bits per heavy atom. The zero-order chi connectivity index (χ0) is 15.0. The van der Waals surface area contributed by atoms with Crippen molar-refractivity contribution in [2.75, 3.05) is 31.8 Å². The lowest BCUT2D eigenvalue weighted by Gasteiger charge is -2.18. The molecule has 3 rings (SSSR count). The third-order valence-corrected chi connectivity index (χ3v) is 3.23. The Morgan fingerprint density at radius 1 is 1.19 bits per heavy atom. The molecule has 2 heterocycles. The first-order valence-corrected chi connectivity index (χ1v) is 6.43. The number of para-hydroxylation sites is 2. The van der Waals surface area contributed by atoms with Crippen LogP contribution in [-0.2, 0) is 0 Å². The Balaban J connectivity index is 2.34. The number of nitrogens with two attached hydrogens (primary N) is 1. The van der Waals surface area contributed by atoms with Gasteiger partial charge in [-0.25, -0.2) is 9.97 Å². The second-order valence-corrected chi connectivity index (χ2v) is 4.74. The average molecular weight is 284 g/mol. The highest BCUT2D eigenvalue weighted by molar-refractivity contribution is 5.83. The Kier molecular flexibility index (Phi) is 3.09. The van der Waals surface area contributed by atoms with Crippen LogP contribution in [0.2, 0.25) is 0 Å². The van der Waals surface area contributed by atoms with Crippen LogP contribution in [0.5, 0.6) is 5.88 Å². The molecule has 7 heteroatoms. The quantitative estimate of drug-likeness (QED) is 0.784. The molecule has 0 aliphatic heterocycles. The summed E-state index contributed by atoms with van der Waals surface area (Å²) in [5, 5.41) is 0. The van der Waals surface area contributed by atoms with Crippen molar-refractivity contribution in [1.82, 2.24) is 19.5 Å². The summed E-state index contributed by atoms with van der Waals surface area (Å²) in [6.07, 6.45) is 1.44. The van der Waals surface area contributed by atoms with Crippen LogP contribution in [-0.4, -0.2) is 40.7 Å². The summed E-state index contributed by atoms with van der Waals surface area (Å²) in [6.45, 7) is 0. The first-order chi connectivity index (χ1) is 10.1. The molecule has 0 unspecified atom stereocenters. The van der Waals surface area contributed by atoms with Gasteiger partial charge in [-0.2, -0.15) is 4.98 Å². The minimum Gasteiger partial charge on any atom is -0.479 e. The van der Waals surface area contributed by atoms with Gasteiger partial charge in [0.2, 0.25) is 11.8 Å². The normalized spacial score (nSPS) is 10.8. The van der Waals surface area contributed by atoms with Crippen molar-refractivity contribution in [3.63, 3.8) is 0 Å². The molecule has 0 bridgehead atoms. The van der Waals surface area contributed by atoms with E-state index in [1.54, 1.807) is 11.7 Å². The molecule has 0 radical (unpaired) electrons. The van der Waals surface area contributed by atoms with Gasteiger partial charge in [-0.1, -0.05) is 12.1 Å². The van der Waals surface area contributed by atoms with Crippen LogP contribution in [0.15, 0.2) is 30.6 Å². The number of nitrogen functional groups attached to an aromatic ring is 1. The van der Waals surface area contributed by atoms with Gasteiger partial charge < -0.3 is 15.4 Å². The van der Waals surface area contributed by atoms with Gasteiger partial charge in [0.25, 0.3) is 0 Å². The molecular weight excluding hydrogens is 268 g/mol. The van der Waals surface area contributed by atoms with Crippen LogP contribution in [0.3, 0.4) is 0 Å². The fourth-order valence-corrected chi connectivity index (χ4v) is 2.31. The molecule has 3 aromatic rings. The van der Waals surface area contributed by atoms with Gasteiger partial charge >= 0.3 is 0 Å². The number of fused-ring (bicyclic) bond motifs is 1. The summed E-state index contributed by atoms with van der Waals surface area (Å²) in [7, 11) is 5.50. The molecule has 2 aromatic heterocycles. The molecule has 0 amide bonds. The Bertz CT molecular complexity index is 795. The second kappa shape index (κ2) is 4.93. The highest BCUT2D eigenvalue weighted by atomic mass is 16.5. The number of rotatable bonds is 3. The van der Waals surface area contributed by atoms with Gasteiger partial charge in [0.15, 0.2) is 11.2 Å².